The van der Waals surface area contributed by atoms with Gasteiger partial charge in [0.15, 0.2) is 0 Å². The second-order valence-corrected chi connectivity index (χ2v) is 3.40. The topological polar surface area (TPSA) is 49.4 Å². The van der Waals surface area contributed by atoms with Crippen molar-refractivity contribution in [3.05, 3.63) is 47.3 Å². The Balaban J connectivity index is 2.08. The summed E-state index contributed by atoms with van der Waals surface area (Å²) in [5.74, 6) is 0. The number of aliphatic imine (C=N–C) groups is 1. The van der Waals surface area contributed by atoms with E-state index in [2.05, 4.69) is 20.4 Å². The van der Waals surface area contributed by atoms with E-state index in [-0.39, 0.29) is 0 Å². The van der Waals surface area contributed by atoms with Gasteiger partial charge in [-0.2, -0.15) is 0 Å². The third-order valence-corrected chi connectivity index (χ3v) is 2.44. The van der Waals surface area contributed by atoms with E-state index < -0.39 is 0 Å². The van der Waals surface area contributed by atoms with Crippen LogP contribution in [0.2, 0.25) is 0 Å². The molecule has 0 aromatic carbocycles. The quantitative estimate of drug-likeness (QED) is 0.571. The summed E-state index contributed by atoms with van der Waals surface area (Å²) in [6.45, 7) is 0. The maximum atomic E-state index is 4.07. The molecule has 0 aromatic heterocycles. The minimum atomic E-state index is 0.782. The fourth-order valence-electron chi connectivity index (χ4n) is 1.68. The largest absolute Gasteiger partial charge is 0.265 e. The second-order valence-electron chi connectivity index (χ2n) is 3.40. The van der Waals surface area contributed by atoms with Crippen LogP contribution in [0.5, 0.6) is 0 Å². The molecule has 3 aliphatic rings. The Morgan fingerprint density at radius 2 is 2.20 bits per heavy atom. The van der Waals surface area contributed by atoms with Gasteiger partial charge in [-0.05, 0) is 34.6 Å². The summed E-state index contributed by atoms with van der Waals surface area (Å²) in [5, 5.41) is 11.6. The molecule has 0 saturated carbocycles. The number of nitrogens with zero attached hydrogens (tertiary/aromatic N) is 4. The maximum absolute atomic E-state index is 4.07. The number of rotatable bonds is 0. The van der Waals surface area contributed by atoms with Crippen molar-refractivity contribution in [1.29, 1.82) is 0 Å². The summed E-state index contributed by atoms with van der Waals surface area (Å²) in [6, 6.07) is 0. The summed E-state index contributed by atoms with van der Waals surface area (Å²) >= 11 is 0. The van der Waals surface area contributed by atoms with Gasteiger partial charge in [-0.3, -0.25) is 4.99 Å². The number of fused-ring (bicyclic) bond motifs is 1. The molecule has 0 saturated heterocycles. The first kappa shape index (κ1) is 8.23. The van der Waals surface area contributed by atoms with E-state index in [4.69, 9.17) is 0 Å². The predicted octanol–water partition coefficient (Wildman–Crippen LogP) is 2.55. The highest BCUT2D eigenvalue weighted by Gasteiger charge is 2.19. The molecular formula is C11H8N4. The Morgan fingerprint density at radius 1 is 1.20 bits per heavy atom. The first-order chi connectivity index (χ1) is 7.43. The summed E-state index contributed by atoms with van der Waals surface area (Å²) in [4.78, 5) is 4.07. The van der Waals surface area contributed by atoms with Crippen molar-refractivity contribution in [2.75, 3.05) is 0 Å². The fourth-order valence-corrected chi connectivity index (χ4v) is 1.68. The first-order valence-electron chi connectivity index (χ1n) is 4.73. The van der Waals surface area contributed by atoms with E-state index >= 15 is 0 Å². The number of hydrogen-bond acceptors (Lipinski definition) is 4. The van der Waals surface area contributed by atoms with Gasteiger partial charge in [0.1, 0.15) is 5.70 Å². The SMILES string of the molecule is C1=CC2=C(C=CN=C1)CC1=NN=NC1=C2. The molecule has 72 valence electrons. The molecule has 2 aliphatic heterocycles. The normalized spacial score (nSPS) is 21.9. The highest BCUT2D eigenvalue weighted by molar-refractivity contribution is 6.04. The van der Waals surface area contributed by atoms with Crippen LogP contribution in [0, 0.1) is 0 Å². The van der Waals surface area contributed by atoms with Crippen LogP contribution in [0.3, 0.4) is 0 Å². The average molecular weight is 196 g/mol. The van der Waals surface area contributed by atoms with Crippen LogP contribution in [0.1, 0.15) is 6.42 Å². The third-order valence-electron chi connectivity index (χ3n) is 2.44. The van der Waals surface area contributed by atoms with E-state index in [0.29, 0.717) is 0 Å². The number of hydrogen-bond donors (Lipinski definition) is 0. The summed E-state index contributed by atoms with van der Waals surface area (Å²) in [5.41, 5.74) is 4.19. The van der Waals surface area contributed by atoms with Gasteiger partial charge in [-0.25, -0.2) is 0 Å². The molecule has 4 nitrogen and oxygen atoms in total. The smallest absolute Gasteiger partial charge is 0.112 e. The van der Waals surface area contributed by atoms with Gasteiger partial charge in [-0.1, -0.05) is 6.08 Å². The summed E-state index contributed by atoms with van der Waals surface area (Å²) in [7, 11) is 0. The van der Waals surface area contributed by atoms with Crippen molar-refractivity contribution >= 4 is 11.9 Å². The van der Waals surface area contributed by atoms with Gasteiger partial charge >= 0.3 is 0 Å². The lowest BCUT2D eigenvalue weighted by Gasteiger charge is -2.12. The molecule has 2 heterocycles. The van der Waals surface area contributed by atoms with Crippen molar-refractivity contribution < 1.29 is 0 Å². The molecule has 0 unspecified atom stereocenters. The molecule has 0 atom stereocenters. The highest BCUT2D eigenvalue weighted by atomic mass is 15.4. The Morgan fingerprint density at radius 3 is 3.20 bits per heavy atom. The van der Waals surface area contributed by atoms with Gasteiger partial charge in [0.05, 0.1) is 5.71 Å². The lowest BCUT2D eigenvalue weighted by atomic mass is 9.93. The molecule has 0 amide bonds. The molecule has 0 radical (unpaired) electrons. The van der Waals surface area contributed by atoms with Crippen LogP contribution in [-0.2, 0) is 0 Å². The summed E-state index contributed by atoms with van der Waals surface area (Å²) in [6.07, 6.45) is 12.3. The predicted molar refractivity (Wildman–Crippen MR) is 58.8 cm³/mol. The van der Waals surface area contributed by atoms with Crippen molar-refractivity contribution in [2.24, 2.45) is 20.4 Å². The molecule has 3 rings (SSSR count). The molecule has 0 N–H and O–H groups in total. The summed E-state index contributed by atoms with van der Waals surface area (Å²) < 4.78 is 0. The standard InChI is InChI=1S/C11H8N4/c1-2-8-6-10-11(14-15-13-10)7-9(8)3-5-12-4-1/h1-6H,7H2. The van der Waals surface area contributed by atoms with E-state index in [9.17, 15) is 0 Å². The third kappa shape index (κ3) is 1.40. The van der Waals surface area contributed by atoms with Crippen molar-refractivity contribution in [3.8, 4) is 0 Å². The molecule has 4 heteroatoms. The minimum Gasteiger partial charge on any atom is -0.265 e. The van der Waals surface area contributed by atoms with Crippen molar-refractivity contribution in [2.45, 2.75) is 6.42 Å². The van der Waals surface area contributed by atoms with Crippen LogP contribution in [0.25, 0.3) is 0 Å². The molecular weight excluding hydrogens is 188 g/mol. The number of allylic oxidation sites excluding steroid dienone is 7. The van der Waals surface area contributed by atoms with E-state index in [1.807, 2.05) is 24.3 Å². The molecule has 0 fully saturated rings. The second kappa shape index (κ2) is 3.24. The molecule has 1 aliphatic carbocycles. The van der Waals surface area contributed by atoms with E-state index in [1.165, 1.54) is 5.57 Å². The Bertz CT molecular complexity index is 513. The zero-order chi connectivity index (χ0) is 10.1. The van der Waals surface area contributed by atoms with Crippen LogP contribution >= 0.6 is 0 Å². The minimum absolute atomic E-state index is 0.782. The van der Waals surface area contributed by atoms with Gasteiger partial charge in [0.2, 0.25) is 0 Å². The van der Waals surface area contributed by atoms with Crippen LogP contribution < -0.4 is 0 Å². The van der Waals surface area contributed by atoms with Gasteiger partial charge < -0.3 is 0 Å². The Labute approximate surface area is 86.8 Å². The molecule has 15 heavy (non-hydrogen) atoms. The fraction of sp³-hybridized carbons (Fsp3) is 0.0909. The van der Waals surface area contributed by atoms with Gasteiger partial charge in [0, 0.05) is 18.8 Å². The molecule has 0 bridgehead atoms. The van der Waals surface area contributed by atoms with Gasteiger partial charge in [-0.15, -0.1) is 10.2 Å². The Kier molecular flexibility index (Phi) is 1.78. The first-order valence-corrected chi connectivity index (χ1v) is 4.73. The maximum Gasteiger partial charge on any atom is 0.112 e. The monoisotopic (exact) mass is 196 g/mol. The van der Waals surface area contributed by atoms with Crippen LogP contribution in [0.4, 0.5) is 0 Å². The molecule has 0 spiro atoms. The zero-order valence-corrected chi connectivity index (χ0v) is 7.96. The lowest BCUT2D eigenvalue weighted by molar-refractivity contribution is 1.09. The van der Waals surface area contributed by atoms with E-state index in [0.717, 1.165) is 23.4 Å². The highest BCUT2D eigenvalue weighted by Crippen LogP contribution is 2.28. The van der Waals surface area contributed by atoms with Crippen molar-refractivity contribution in [3.63, 3.8) is 0 Å². The lowest BCUT2D eigenvalue weighted by Crippen LogP contribution is -2.06. The van der Waals surface area contributed by atoms with Crippen LogP contribution in [-0.4, -0.2) is 11.9 Å². The van der Waals surface area contributed by atoms with E-state index in [1.54, 1.807) is 12.4 Å². The van der Waals surface area contributed by atoms with Crippen molar-refractivity contribution in [1.82, 2.24) is 0 Å². The van der Waals surface area contributed by atoms with Gasteiger partial charge in [0.25, 0.3) is 0 Å². The Hall–Kier alpha value is -2.10. The zero-order valence-electron chi connectivity index (χ0n) is 7.96. The average Bonchev–Trinajstić information content (AvgIpc) is 2.64. The molecule has 0 aromatic rings. The van der Waals surface area contributed by atoms with Crippen LogP contribution in [0.15, 0.2) is 67.8 Å².